The zero-order valence-electron chi connectivity index (χ0n) is 10.7. The molecule has 18 heavy (non-hydrogen) atoms. The molecule has 0 radical (unpaired) electrons. The van der Waals surface area contributed by atoms with Crippen molar-refractivity contribution >= 4 is 12.0 Å². The van der Waals surface area contributed by atoms with E-state index >= 15 is 0 Å². The number of aliphatic hydroxyl groups is 1. The first-order chi connectivity index (χ1) is 8.49. The van der Waals surface area contributed by atoms with Gasteiger partial charge in [0.05, 0.1) is 12.0 Å². The zero-order chi connectivity index (χ0) is 13.2. The molecule has 1 aromatic carbocycles. The van der Waals surface area contributed by atoms with Crippen molar-refractivity contribution in [1.82, 2.24) is 0 Å². The number of rotatable bonds is 2. The van der Waals surface area contributed by atoms with Crippen LogP contribution in [0.2, 0.25) is 0 Å². The van der Waals surface area contributed by atoms with Gasteiger partial charge in [0.25, 0.3) is 0 Å². The summed E-state index contributed by atoms with van der Waals surface area (Å²) in [4.78, 5) is 11.4. The maximum atomic E-state index is 11.4. The maximum Gasteiger partial charge on any atom is 0.309 e. The molecule has 1 saturated heterocycles. The van der Waals surface area contributed by atoms with E-state index in [-0.39, 0.29) is 24.4 Å². The average Bonchev–Trinajstić information content (AvgIpc) is 2.33. The van der Waals surface area contributed by atoms with Crippen LogP contribution in [0.15, 0.2) is 36.4 Å². The fourth-order valence-electron chi connectivity index (χ4n) is 2.08. The molecule has 1 aliphatic rings. The molecule has 0 spiro atoms. The number of esters is 1. The molecule has 0 bridgehead atoms. The topological polar surface area (TPSA) is 46.5 Å². The van der Waals surface area contributed by atoms with Crippen molar-refractivity contribution in [2.24, 2.45) is 5.92 Å². The summed E-state index contributed by atoms with van der Waals surface area (Å²) < 4.78 is 5.27. The Morgan fingerprint density at radius 2 is 2.06 bits per heavy atom. The van der Waals surface area contributed by atoms with Crippen LogP contribution in [-0.4, -0.2) is 22.8 Å². The van der Waals surface area contributed by atoms with Gasteiger partial charge in [-0.15, -0.1) is 0 Å². The lowest BCUT2D eigenvalue weighted by molar-refractivity contribution is -0.174. The van der Waals surface area contributed by atoms with Crippen LogP contribution in [0.4, 0.5) is 0 Å². The summed E-state index contributed by atoms with van der Waals surface area (Å²) >= 11 is 0. The summed E-state index contributed by atoms with van der Waals surface area (Å²) in [6.45, 7) is 3.58. The van der Waals surface area contributed by atoms with Crippen molar-refractivity contribution in [1.29, 1.82) is 0 Å². The number of hydrogen-bond donors (Lipinski definition) is 1. The molecule has 2 rings (SSSR count). The molecular formula is C15H18O3. The van der Waals surface area contributed by atoms with Crippen molar-refractivity contribution in [3.63, 3.8) is 0 Å². The highest BCUT2D eigenvalue weighted by atomic mass is 16.5. The van der Waals surface area contributed by atoms with E-state index in [0.29, 0.717) is 0 Å². The van der Waals surface area contributed by atoms with Gasteiger partial charge in [0.1, 0.15) is 6.10 Å². The molecule has 0 aliphatic carbocycles. The third kappa shape index (κ3) is 2.79. The summed E-state index contributed by atoms with van der Waals surface area (Å²) in [6.07, 6.45) is 3.44. The number of carbonyl (C=O) groups is 1. The lowest BCUT2D eigenvalue weighted by Gasteiger charge is -2.38. The second-order valence-corrected chi connectivity index (χ2v) is 5.05. The number of hydrogen-bond acceptors (Lipinski definition) is 3. The molecule has 1 fully saturated rings. The molecule has 1 N–H and O–H groups in total. The molecule has 1 heterocycles. The van der Waals surface area contributed by atoms with Crippen molar-refractivity contribution in [2.45, 2.75) is 32.0 Å². The van der Waals surface area contributed by atoms with E-state index in [0.717, 1.165) is 5.56 Å². The average molecular weight is 246 g/mol. The fraction of sp³-hybridized carbons (Fsp3) is 0.400. The minimum Gasteiger partial charge on any atom is -0.458 e. The van der Waals surface area contributed by atoms with E-state index < -0.39 is 5.60 Å². The van der Waals surface area contributed by atoms with Gasteiger partial charge < -0.3 is 9.84 Å². The largest absolute Gasteiger partial charge is 0.458 e. The van der Waals surface area contributed by atoms with Gasteiger partial charge in [-0.2, -0.15) is 0 Å². The standard InChI is InChI=1S/C15H18O3/c1-11-13(18-14(16)10-15(11,2)17)9-8-12-6-4-3-5-7-12/h3-9,11,13,17H,10H2,1-2H3/b9-8+. The Labute approximate surface area is 107 Å². The number of benzene rings is 1. The van der Waals surface area contributed by atoms with E-state index in [1.54, 1.807) is 6.92 Å². The van der Waals surface area contributed by atoms with E-state index in [1.807, 2.05) is 49.4 Å². The second-order valence-electron chi connectivity index (χ2n) is 5.05. The predicted octanol–water partition coefficient (Wildman–Crippen LogP) is 2.40. The predicted molar refractivity (Wildman–Crippen MR) is 69.8 cm³/mol. The summed E-state index contributed by atoms with van der Waals surface area (Å²) in [7, 11) is 0. The van der Waals surface area contributed by atoms with Crippen molar-refractivity contribution in [2.75, 3.05) is 0 Å². The van der Waals surface area contributed by atoms with Gasteiger partial charge >= 0.3 is 5.97 Å². The minimum atomic E-state index is -0.999. The van der Waals surface area contributed by atoms with Crippen LogP contribution in [0.1, 0.15) is 25.8 Å². The Balaban J connectivity index is 2.13. The van der Waals surface area contributed by atoms with E-state index in [2.05, 4.69) is 0 Å². The highest BCUT2D eigenvalue weighted by molar-refractivity contribution is 5.72. The monoisotopic (exact) mass is 246 g/mol. The van der Waals surface area contributed by atoms with Crippen molar-refractivity contribution in [3.8, 4) is 0 Å². The maximum absolute atomic E-state index is 11.4. The molecule has 96 valence electrons. The molecule has 3 unspecified atom stereocenters. The molecule has 1 aromatic rings. The third-order valence-corrected chi connectivity index (χ3v) is 3.52. The summed E-state index contributed by atoms with van der Waals surface area (Å²) in [5.41, 5.74) is 0.0482. The highest BCUT2D eigenvalue weighted by Gasteiger charge is 2.42. The Morgan fingerprint density at radius 3 is 2.72 bits per heavy atom. The van der Waals surface area contributed by atoms with Crippen molar-refractivity contribution in [3.05, 3.63) is 42.0 Å². The van der Waals surface area contributed by atoms with Crippen LogP contribution in [0, 0.1) is 5.92 Å². The molecule has 0 amide bonds. The molecule has 0 saturated carbocycles. The Kier molecular flexibility index (Phi) is 3.53. The third-order valence-electron chi connectivity index (χ3n) is 3.52. The zero-order valence-corrected chi connectivity index (χ0v) is 10.7. The lowest BCUT2D eigenvalue weighted by atomic mass is 9.81. The van der Waals surface area contributed by atoms with E-state index in [9.17, 15) is 9.90 Å². The molecule has 3 nitrogen and oxygen atoms in total. The first-order valence-corrected chi connectivity index (χ1v) is 6.14. The normalized spacial score (nSPS) is 32.5. The summed E-state index contributed by atoms with van der Waals surface area (Å²) in [5, 5.41) is 10.1. The number of carbonyl (C=O) groups excluding carboxylic acids is 1. The Morgan fingerprint density at radius 1 is 1.39 bits per heavy atom. The van der Waals surface area contributed by atoms with Gasteiger partial charge in [-0.3, -0.25) is 4.79 Å². The highest BCUT2D eigenvalue weighted by Crippen LogP contribution is 2.32. The van der Waals surface area contributed by atoms with Crippen LogP contribution in [0.25, 0.3) is 6.08 Å². The first-order valence-electron chi connectivity index (χ1n) is 6.14. The van der Waals surface area contributed by atoms with Crippen molar-refractivity contribution < 1.29 is 14.6 Å². The second kappa shape index (κ2) is 4.94. The summed E-state index contributed by atoms with van der Waals surface area (Å²) in [5.74, 6) is -0.462. The molecular weight excluding hydrogens is 228 g/mol. The smallest absolute Gasteiger partial charge is 0.309 e. The Bertz CT molecular complexity index is 448. The lowest BCUT2D eigenvalue weighted by Crippen LogP contribution is -2.48. The molecule has 3 atom stereocenters. The van der Waals surface area contributed by atoms with Gasteiger partial charge in [-0.1, -0.05) is 43.3 Å². The van der Waals surface area contributed by atoms with Crippen LogP contribution in [0.3, 0.4) is 0 Å². The SMILES string of the molecule is CC1C(/C=C/c2ccccc2)OC(=O)CC1(C)O. The fourth-order valence-corrected chi connectivity index (χ4v) is 2.08. The van der Waals surface area contributed by atoms with Crippen LogP contribution < -0.4 is 0 Å². The molecule has 1 aliphatic heterocycles. The van der Waals surface area contributed by atoms with Crippen LogP contribution in [0.5, 0.6) is 0 Å². The van der Waals surface area contributed by atoms with Crippen LogP contribution >= 0.6 is 0 Å². The van der Waals surface area contributed by atoms with Gasteiger partial charge in [0.15, 0.2) is 0 Å². The van der Waals surface area contributed by atoms with E-state index in [1.165, 1.54) is 0 Å². The summed E-state index contributed by atoms with van der Waals surface area (Å²) in [6, 6.07) is 9.80. The van der Waals surface area contributed by atoms with Gasteiger partial charge in [0.2, 0.25) is 0 Å². The van der Waals surface area contributed by atoms with Crippen LogP contribution in [-0.2, 0) is 9.53 Å². The van der Waals surface area contributed by atoms with Gasteiger partial charge in [0, 0.05) is 5.92 Å². The van der Waals surface area contributed by atoms with Gasteiger partial charge in [-0.05, 0) is 18.6 Å². The molecule has 3 heteroatoms. The number of cyclic esters (lactones) is 1. The Hall–Kier alpha value is -1.61. The molecule has 0 aromatic heterocycles. The minimum absolute atomic E-state index is 0.0594. The van der Waals surface area contributed by atoms with Gasteiger partial charge in [-0.25, -0.2) is 0 Å². The quantitative estimate of drug-likeness (QED) is 0.815. The first kappa shape index (κ1) is 12.8. The number of ether oxygens (including phenoxy) is 1. The van der Waals surface area contributed by atoms with E-state index in [4.69, 9.17) is 4.74 Å².